The summed E-state index contributed by atoms with van der Waals surface area (Å²) in [6.45, 7) is 0.509. The number of aliphatic hydroxyl groups excluding tert-OH is 1. The van der Waals surface area contributed by atoms with Gasteiger partial charge in [-0.15, -0.1) is 0 Å². The van der Waals surface area contributed by atoms with E-state index in [4.69, 9.17) is 0 Å². The minimum absolute atomic E-state index is 0.00916. The van der Waals surface area contributed by atoms with Crippen LogP contribution >= 0.6 is 0 Å². The standard InChI is InChI=1S/C13H17NO2/c15-10-13(7-4-8-13)12(16)14-9-11-5-2-1-3-6-11/h1-3,5-6,15H,4,7-10H2,(H,14,16). The molecule has 0 radical (unpaired) electrons. The lowest BCUT2D eigenvalue weighted by Gasteiger charge is -2.38. The SMILES string of the molecule is O=C(NCc1ccccc1)C1(CO)CCC1. The lowest BCUT2D eigenvalue weighted by atomic mass is 9.68. The highest BCUT2D eigenvalue weighted by Crippen LogP contribution is 2.40. The number of carbonyl (C=O) groups is 1. The number of hydrogen-bond donors (Lipinski definition) is 2. The van der Waals surface area contributed by atoms with Crippen LogP contribution in [0.2, 0.25) is 0 Å². The summed E-state index contributed by atoms with van der Waals surface area (Å²) in [6, 6.07) is 9.81. The first-order valence-electron chi connectivity index (χ1n) is 5.70. The number of amides is 1. The third-order valence-electron chi connectivity index (χ3n) is 3.39. The highest BCUT2D eigenvalue weighted by molar-refractivity contribution is 5.83. The van der Waals surface area contributed by atoms with E-state index in [1.54, 1.807) is 0 Å². The Balaban J connectivity index is 1.89. The molecule has 1 aliphatic carbocycles. The third-order valence-corrected chi connectivity index (χ3v) is 3.39. The molecule has 1 amide bonds. The van der Waals surface area contributed by atoms with E-state index >= 15 is 0 Å². The molecule has 0 saturated heterocycles. The van der Waals surface area contributed by atoms with Crippen LogP contribution in [0.3, 0.4) is 0 Å². The monoisotopic (exact) mass is 219 g/mol. The molecule has 2 N–H and O–H groups in total. The normalized spacial score (nSPS) is 17.6. The summed E-state index contributed by atoms with van der Waals surface area (Å²) in [5.41, 5.74) is 0.595. The van der Waals surface area contributed by atoms with Gasteiger partial charge in [0.2, 0.25) is 5.91 Å². The van der Waals surface area contributed by atoms with E-state index in [0.29, 0.717) is 6.54 Å². The zero-order valence-corrected chi connectivity index (χ0v) is 9.28. The van der Waals surface area contributed by atoms with Crippen LogP contribution in [-0.4, -0.2) is 17.6 Å². The van der Waals surface area contributed by atoms with Crippen molar-refractivity contribution >= 4 is 5.91 Å². The quantitative estimate of drug-likeness (QED) is 0.805. The Hall–Kier alpha value is -1.35. The second-order valence-electron chi connectivity index (χ2n) is 4.46. The summed E-state index contributed by atoms with van der Waals surface area (Å²) in [5, 5.41) is 12.1. The van der Waals surface area contributed by atoms with Gasteiger partial charge in [-0.05, 0) is 18.4 Å². The largest absolute Gasteiger partial charge is 0.395 e. The highest BCUT2D eigenvalue weighted by Gasteiger charge is 2.43. The maximum Gasteiger partial charge on any atom is 0.228 e. The molecule has 0 bridgehead atoms. The van der Waals surface area contributed by atoms with E-state index in [0.717, 1.165) is 24.8 Å². The van der Waals surface area contributed by atoms with E-state index < -0.39 is 5.41 Å². The molecule has 0 spiro atoms. The number of hydrogen-bond acceptors (Lipinski definition) is 2. The number of benzene rings is 1. The second-order valence-corrected chi connectivity index (χ2v) is 4.46. The zero-order chi connectivity index (χ0) is 11.4. The topological polar surface area (TPSA) is 49.3 Å². The molecule has 1 aliphatic rings. The van der Waals surface area contributed by atoms with Crippen molar-refractivity contribution in [3.8, 4) is 0 Å². The van der Waals surface area contributed by atoms with Gasteiger partial charge in [0.15, 0.2) is 0 Å². The van der Waals surface area contributed by atoms with Crippen molar-refractivity contribution < 1.29 is 9.90 Å². The molecule has 86 valence electrons. The summed E-state index contributed by atoms with van der Waals surface area (Å²) in [4.78, 5) is 11.9. The molecule has 1 aromatic carbocycles. The number of aliphatic hydroxyl groups is 1. The fraction of sp³-hybridized carbons (Fsp3) is 0.462. The van der Waals surface area contributed by atoms with Crippen LogP contribution in [-0.2, 0) is 11.3 Å². The van der Waals surface area contributed by atoms with Crippen molar-refractivity contribution in [2.45, 2.75) is 25.8 Å². The molecule has 16 heavy (non-hydrogen) atoms. The number of nitrogens with one attached hydrogen (secondary N) is 1. The van der Waals surface area contributed by atoms with Gasteiger partial charge in [-0.2, -0.15) is 0 Å². The summed E-state index contributed by atoms with van der Waals surface area (Å²) in [7, 11) is 0. The molecule has 3 heteroatoms. The molecule has 1 fully saturated rings. The average Bonchev–Trinajstić information content (AvgIpc) is 2.27. The Bertz CT molecular complexity index is 352. The first kappa shape index (κ1) is 11.1. The van der Waals surface area contributed by atoms with Gasteiger partial charge in [-0.1, -0.05) is 36.8 Å². The van der Waals surface area contributed by atoms with Crippen molar-refractivity contribution in [1.29, 1.82) is 0 Å². The molecule has 1 saturated carbocycles. The van der Waals surface area contributed by atoms with Crippen LogP contribution in [0.4, 0.5) is 0 Å². The molecule has 2 rings (SSSR count). The minimum atomic E-state index is -0.491. The molecule has 0 atom stereocenters. The fourth-order valence-corrected chi connectivity index (χ4v) is 2.03. The van der Waals surface area contributed by atoms with Gasteiger partial charge in [0.1, 0.15) is 0 Å². The summed E-state index contributed by atoms with van der Waals surface area (Å²) in [5.74, 6) is -0.00916. The van der Waals surface area contributed by atoms with Gasteiger partial charge in [0.25, 0.3) is 0 Å². The van der Waals surface area contributed by atoms with Crippen molar-refractivity contribution in [2.75, 3.05) is 6.61 Å². The Labute approximate surface area is 95.5 Å². The van der Waals surface area contributed by atoms with Crippen LogP contribution in [0.1, 0.15) is 24.8 Å². The van der Waals surface area contributed by atoms with Crippen molar-refractivity contribution in [3.63, 3.8) is 0 Å². The summed E-state index contributed by atoms with van der Waals surface area (Å²) in [6.07, 6.45) is 2.66. The van der Waals surface area contributed by atoms with Gasteiger partial charge < -0.3 is 10.4 Å². The van der Waals surface area contributed by atoms with Crippen molar-refractivity contribution in [3.05, 3.63) is 35.9 Å². The lowest BCUT2D eigenvalue weighted by molar-refractivity contribution is -0.139. The maximum atomic E-state index is 11.9. The zero-order valence-electron chi connectivity index (χ0n) is 9.28. The Morgan fingerprint density at radius 1 is 1.31 bits per heavy atom. The van der Waals surface area contributed by atoms with Crippen LogP contribution in [0.25, 0.3) is 0 Å². The van der Waals surface area contributed by atoms with Gasteiger partial charge in [-0.25, -0.2) is 0 Å². The van der Waals surface area contributed by atoms with Gasteiger partial charge in [-0.3, -0.25) is 4.79 Å². The van der Waals surface area contributed by atoms with E-state index in [2.05, 4.69) is 5.32 Å². The van der Waals surface area contributed by atoms with Gasteiger partial charge >= 0.3 is 0 Å². The smallest absolute Gasteiger partial charge is 0.228 e. The minimum Gasteiger partial charge on any atom is -0.395 e. The fourth-order valence-electron chi connectivity index (χ4n) is 2.03. The predicted octanol–water partition coefficient (Wildman–Crippen LogP) is 1.47. The van der Waals surface area contributed by atoms with Gasteiger partial charge in [0, 0.05) is 6.54 Å². The second kappa shape index (κ2) is 4.66. The van der Waals surface area contributed by atoms with E-state index in [1.807, 2.05) is 30.3 Å². The highest BCUT2D eigenvalue weighted by atomic mass is 16.3. The van der Waals surface area contributed by atoms with E-state index in [-0.39, 0.29) is 12.5 Å². The number of carbonyl (C=O) groups excluding carboxylic acids is 1. The van der Waals surface area contributed by atoms with E-state index in [1.165, 1.54) is 0 Å². The van der Waals surface area contributed by atoms with Crippen LogP contribution in [0.15, 0.2) is 30.3 Å². The lowest BCUT2D eigenvalue weighted by Crippen LogP contribution is -2.47. The van der Waals surface area contributed by atoms with E-state index in [9.17, 15) is 9.90 Å². The van der Waals surface area contributed by atoms with Crippen molar-refractivity contribution in [2.24, 2.45) is 5.41 Å². The first-order chi connectivity index (χ1) is 7.77. The molecule has 0 unspecified atom stereocenters. The van der Waals surface area contributed by atoms with Crippen molar-refractivity contribution in [1.82, 2.24) is 5.32 Å². The predicted molar refractivity (Wildman–Crippen MR) is 61.7 cm³/mol. The maximum absolute atomic E-state index is 11.9. The Morgan fingerprint density at radius 2 is 2.00 bits per heavy atom. The molecular weight excluding hydrogens is 202 g/mol. The Kier molecular flexibility index (Phi) is 3.25. The molecule has 0 aromatic heterocycles. The van der Waals surface area contributed by atoms with Gasteiger partial charge in [0.05, 0.1) is 12.0 Å². The molecule has 0 aliphatic heterocycles. The summed E-state index contributed by atoms with van der Waals surface area (Å²) >= 11 is 0. The van der Waals surface area contributed by atoms with Crippen LogP contribution in [0.5, 0.6) is 0 Å². The Morgan fingerprint density at radius 3 is 2.50 bits per heavy atom. The average molecular weight is 219 g/mol. The van der Waals surface area contributed by atoms with Crippen LogP contribution in [0, 0.1) is 5.41 Å². The van der Waals surface area contributed by atoms with Crippen LogP contribution < -0.4 is 5.32 Å². The molecule has 1 aromatic rings. The molecular formula is C13H17NO2. The summed E-state index contributed by atoms with van der Waals surface area (Å²) < 4.78 is 0. The first-order valence-corrected chi connectivity index (χ1v) is 5.70. The molecule has 3 nitrogen and oxygen atoms in total. The third kappa shape index (κ3) is 2.09. The molecule has 0 heterocycles. The number of rotatable bonds is 4.